The van der Waals surface area contributed by atoms with Crippen LogP contribution in [0.1, 0.15) is 43.2 Å². The Morgan fingerprint density at radius 1 is 0.794 bits per heavy atom. The molecule has 1 aromatic heterocycles. The maximum Gasteiger partial charge on any atom is 0.467 e. The van der Waals surface area contributed by atoms with Crippen LogP contribution in [-0.4, -0.2) is 39.7 Å². The number of hydrogen-bond donors (Lipinski definition) is 0. The van der Waals surface area contributed by atoms with Crippen molar-refractivity contribution in [2.24, 2.45) is 0 Å². The van der Waals surface area contributed by atoms with E-state index in [1.807, 2.05) is 11.3 Å². The molecule has 1 heterocycles. The second-order valence-corrected chi connectivity index (χ2v) is 11.3. The van der Waals surface area contributed by atoms with Crippen LogP contribution in [-0.2, 0) is 26.6 Å². The molecule has 0 aromatic carbocycles. The summed E-state index contributed by atoms with van der Waals surface area (Å²) < 4.78 is 163. The van der Waals surface area contributed by atoms with Crippen LogP contribution in [0.2, 0.25) is 0 Å². The normalized spacial score (nSPS) is 14.0. The van der Waals surface area contributed by atoms with Gasteiger partial charge in [-0.2, -0.15) is 48.5 Å². The molecule has 0 fully saturated rings. The Hall–Kier alpha value is -1.21. The molecule has 0 aliphatic carbocycles. The Kier molecular flexibility index (Phi) is 10.8. The van der Waals surface area contributed by atoms with Crippen molar-refractivity contribution < 1.29 is 65.3 Å². The van der Waals surface area contributed by atoms with Crippen molar-refractivity contribution in [1.29, 1.82) is 0 Å². The number of hydrogen-bond acceptors (Lipinski definition) is 5. The fourth-order valence-electron chi connectivity index (χ4n) is 1.95. The molecule has 0 aliphatic rings. The largest absolute Gasteiger partial charge is 0.467 e. The van der Waals surface area contributed by atoms with E-state index < -0.39 is 42.9 Å². The third kappa shape index (κ3) is 7.64. The summed E-state index contributed by atoms with van der Waals surface area (Å²) in [5.41, 5.74) is 3.69. The number of alkyl halides is 10. The number of nitrogens with zero attached hydrogens (tertiary/aromatic N) is 2. The third-order valence-corrected chi connectivity index (χ3v) is 8.39. The van der Waals surface area contributed by atoms with Crippen LogP contribution in [0.4, 0.5) is 43.9 Å². The second-order valence-electron chi connectivity index (χ2n) is 6.67. The van der Waals surface area contributed by atoms with Crippen LogP contribution in [0.15, 0.2) is 5.51 Å². The van der Waals surface area contributed by atoms with E-state index in [9.17, 15) is 60.7 Å². The Morgan fingerprint density at radius 3 is 1.50 bits per heavy atom. The molecule has 0 N–H and O–H groups in total. The first-order valence-corrected chi connectivity index (χ1v) is 12.8. The average molecular weight is 579 g/mol. The molecule has 34 heavy (non-hydrogen) atoms. The molecule has 202 valence electrons. The topological polar surface area (TPSA) is 86.3 Å². The molecule has 1 aromatic rings. The van der Waals surface area contributed by atoms with Gasteiger partial charge in [-0.15, -0.1) is 0 Å². The standard InChI is InChI=1S/C11H20NS.C4F10NO4S2/c1-4-5-6-7-8-12-9-13-11(3)10(12)2;5-1(6,7)3(11,12)20(16,17)15-21(18,19)4(13,14)2(8,9)10/h9H,4-8H2,1-3H3;/q+1;-1. The van der Waals surface area contributed by atoms with E-state index in [2.05, 4.69) is 30.8 Å². The first kappa shape index (κ1) is 32.8. The number of aryl methyl sites for hydroxylation is 2. The smallest absolute Gasteiger partial charge is 0.425 e. The molecule has 0 unspecified atom stereocenters. The van der Waals surface area contributed by atoms with Gasteiger partial charge in [0, 0.05) is 13.3 Å². The van der Waals surface area contributed by atoms with Gasteiger partial charge in [0.15, 0.2) is 25.7 Å². The lowest BCUT2D eigenvalue weighted by atomic mass is 10.2. The SMILES string of the molecule is CCCCCC[n+]1csc(C)c1C.O=S(=O)([N-]S(=O)(=O)C(F)(F)C(F)(F)F)C(F)(F)C(F)(F)F. The molecule has 19 heteroatoms. The molecule has 0 saturated carbocycles. The average Bonchev–Trinajstić information content (AvgIpc) is 2.95. The quantitative estimate of drug-likeness (QED) is 0.218. The zero-order valence-corrected chi connectivity index (χ0v) is 20.1. The van der Waals surface area contributed by atoms with Crippen molar-refractivity contribution in [2.45, 2.75) is 75.9 Å². The first-order chi connectivity index (χ1) is 15.0. The Labute approximate surface area is 193 Å². The van der Waals surface area contributed by atoms with E-state index in [1.165, 1.54) is 42.8 Å². The zero-order valence-electron chi connectivity index (χ0n) is 17.6. The lowest BCUT2D eigenvalue weighted by molar-refractivity contribution is -0.698. The number of sulfonamides is 2. The highest BCUT2D eigenvalue weighted by molar-refractivity contribution is 8.13. The highest BCUT2D eigenvalue weighted by Gasteiger charge is 2.68. The fourth-order valence-corrected chi connectivity index (χ4v) is 5.16. The van der Waals surface area contributed by atoms with Gasteiger partial charge in [0.1, 0.15) is 6.54 Å². The molecule has 0 radical (unpaired) electrons. The van der Waals surface area contributed by atoms with Crippen LogP contribution in [0.3, 0.4) is 0 Å². The van der Waals surface area contributed by atoms with Crippen molar-refractivity contribution in [3.05, 3.63) is 20.2 Å². The van der Waals surface area contributed by atoms with Crippen LogP contribution in [0, 0.1) is 13.8 Å². The molecule has 0 aliphatic heterocycles. The fraction of sp³-hybridized carbons (Fsp3) is 0.800. The summed E-state index contributed by atoms with van der Waals surface area (Å²) in [6.45, 7) is 7.87. The third-order valence-electron chi connectivity index (χ3n) is 4.05. The summed E-state index contributed by atoms with van der Waals surface area (Å²) >= 11 is 1.86. The van der Waals surface area contributed by atoms with Crippen molar-refractivity contribution in [2.75, 3.05) is 0 Å². The van der Waals surface area contributed by atoms with Crippen molar-refractivity contribution >= 4 is 31.4 Å². The van der Waals surface area contributed by atoms with Gasteiger partial charge >= 0.3 is 22.9 Å². The van der Waals surface area contributed by atoms with E-state index in [-0.39, 0.29) is 0 Å². The van der Waals surface area contributed by atoms with Gasteiger partial charge in [-0.1, -0.05) is 31.1 Å². The number of unbranched alkanes of at least 4 members (excludes halogenated alkanes) is 3. The zero-order chi connectivity index (χ0) is 27.4. The van der Waals surface area contributed by atoms with Crippen LogP contribution >= 0.6 is 11.3 Å². The molecule has 6 nitrogen and oxygen atoms in total. The minimum absolute atomic E-state index is 0.422. The van der Waals surface area contributed by atoms with Crippen LogP contribution in [0.5, 0.6) is 0 Å². The molecule has 0 bridgehead atoms. The van der Waals surface area contributed by atoms with Gasteiger partial charge in [-0.25, -0.2) is 16.8 Å². The van der Waals surface area contributed by atoms with Gasteiger partial charge in [-0.3, -0.25) is 0 Å². The van der Waals surface area contributed by atoms with E-state index >= 15 is 0 Å². The van der Waals surface area contributed by atoms with Gasteiger partial charge in [-0.05, 0) is 13.3 Å². The number of halogens is 10. The monoisotopic (exact) mass is 578 g/mol. The summed E-state index contributed by atoms with van der Waals surface area (Å²) in [5, 5.41) is -14.0. The number of rotatable bonds is 9. The number of aromatic nitrogens is 1. The highest BCUT2D eigenvalue weighted by atomic mass is 32.3. The highest BCUT2D eigenvalue weighted by Crippen LogP contribution is 2.47. The Balaban J connectivity index is 0.000000712. The lowest BCUT2D eigenvalue weighted by Gasteiger charge is -2.31. The molecule has 0 spiro atoms. The van der Waals surface area contributed by atoms with Crippen LogP contribution < -0.4 is 4.57 Å². The van der Waals surface area contributed by atoms with Crippen molar-refractivity contribution in [1.82, 2.24) is 0 Å². The predicted molar refractivity (Wildman–Crippen MR) is 101 cm³/mol. The van der Waals surface area contributed by atoms with Crippen molar-refractivity contribution in [3.8, 4) is 0 Å². The Bertz CT molecular complexity index is 962. The maximum atomic E-state index is 12.3. The van der Waals surface area contributed by atoms with Crippen LogP contribution in [0.25, 0.3) is 4.13 Å². The summed E-state index contributed by atoms with van der Waals surface area (Å²) in [7, 11) is -15.2. The molecular weight excluding hydrogens is 558 g/mol. The summed E-state index contributed by atoms with van der Waals surface area (Å²) in [6, 6.07) is 0. The van der Waals surface area contributed by atoms with Gasteiger partial charge in [0.2, 0.25) is 5.51 Å². The van der Waals surface area contributed by atoms with Gasteiger partial charge in [0.05, 0.1) is 4.88 Å². The summed E-state index contributed by atoms with van der Waals surface area (Å²) in [5.74, 6) is 0. The molecule has 0 saturated heterocycles. The van der Waals surface area contributed by atoms with Crippen molar-refractivity contribution in [3.63, 3.8) is 0 Å². The first-order valence-electron chi connectivity index (χ1n) is 9.02. The Morgan fingerprint density at radius 2 is 1.21 bits per heavy atom. The van der Waals surface area contributed by atoms with Gasteiger partial charge < -0.3 is 4.13 Å². The van der Waals surface area contributed by atoms with E-state index in [0.717, 1.165) is 0 Å². The van der Waals surface area contributed by atoms with Gasteiger partial charge in [0.25, 0.3) is 0 Å². The molecule has 0 atom stereocenters. The summed E-state index contributed by atoms with van der Waals surface area (Å²) in [6.07, 6.45) is -8.60. The minimum atomic E-state index is -7.62. The molecule has 1 rings (SSSR count). The molecular formula is C15H20F10N2O4S3. The minimum Gasteiger partial charge on any atom is -0.425 e. The maximum absolute atomic E-state index is 12.3. The lowest BCUT2D eigenvalue weighted by Crippen LogP contribution is -2.48. The van der Waals surface area contributed by atoms with E-state index in [4.69, 9.17) is 0 Å². The van der Waals surface area contributed by atoms with E-state index in [0.29, 0.717) is 4.13 Å². The predicted octanol–water partition coefficient (Wildman–Crippen LogP) is 5.56. The number of thiazole rings is 1. The second kappa shape index (κ2) is 11.2. The summed E-state index contributed by atoms with van der Waals surface area (Å²) in [4.78, 5) is 1.45. The van der Waals surface area contributed by atoms with E-state index in [1.54, 1.807) is 0 Å². The molecule has 0 amide bonds.